The maximum atomic E-state index is 12.9. The number of rotatable bonds is 13. The molecule has 0 saturated carbocycles. The van der Waals surface area contributed by atoms with Crippen molar-refractivity contribution in [3.05, 3.63) is 192 Å². The lowest BCUT2D eigenvalue weighted by atomic mass is 10.1. The molecule has 0 radical (unpaired) electrons. The van der Waals surface area contributed by atoms with Crippen molar-refractivity contribution < 1.29 is 14.7 Å². The molecule has 0 atom stereocenters. The fourth-order valence-corrected chi connectivity index (χ4v) is 8.28. The molecule has 4 aromatic carbocycles. The second-order valence-corrected chi connectivity index (χ2v) is 18.7. The molecule has 4 aromatic heterocycles. The molecule has 6 N–H and O–H groups in total. The zero-order valence-corrected chi connectivity index (χ0v) is 42.9. The zero-order chi connectivity index (χ0) is 52.5. The van der Waals surface area contributed by atoms with Crippen LogP contribution in [0.15, 0.2) is 159 Å². The van der Waals surface area contributed by atoms with Crippen LogP contribution in [0.2, 0.25) is 0 Å². The Labute approximate surface area is 438 Å². The smallest absolute Gasteiger partial charge is 0.335 e. The summed E-state index contributed by atoms with van der Waals surface area (Å²) < 4.78 is 0. The van der Waals surface area contributed by atoms with Crippen LogP contribution in [-0.2, 0) is 13.1 Å². The number of nitrogens with one attached hydrogen (secondary N) is 3. The number of carboxylic acid groups (broad SMARTS) is 1. The number of amides is 1. The van der Waals surface area contributed by atoms with Crippen molar-refractivity contribution in [2.75, 3.05) is 88.1 Å². The predicted octanol–water partition coefficient (Wildman–Crippen LogP) is 8.90. The van der Waals surface area contributed by atoms with Gasteiger partial charge in [0.25, 0.3) is 5.91 Å². The fourth-order valence-electron chi connectivity index (χ4n) is 8.28. The molecule has 1 amide bonds. The number of carbonyl (C=O) groups excluding carboxylic acids is 1. The quantitative estimate of drug-likeness (QED) is 0.0684. The number of carboxylic acids is 1. The number of aromatic nitrogens is 6. The van der Waals surface area contributed by atoms with E-state index in [1.807, 2.05) is 123 Å². The molecular weight excluding hydrogens is 941 g/mol. The molecular formula is C58H64N14O3. The maximum Gasteiger partial charge on any atom is 0.335 e. The predicted molar refractivity (Wildman–Crippen MR) is 297 cm³/mol. The molecule has 17 heteroatoms. The van der Waals surface area contributed by atoms with E-state index < -0.39 is 5.97 Å². The minimum Gasteiger partial charge on any atom is -0.478 e. The van der Waals surface area contributed by atoms with Gasteiger partial charge in [-0.05, 0) is 135 Å². The van der Waals surface area contributed by atoms with Gasteiger partial charge in [0.2, 0.25) is 11.9 Å². The van der Waals surface area contributed by atoms with Gasteiger partial charge in [-0.3, -0.25) is 24.6 Å². The van der Waals surface area contributed by atoms with Crippen LogP contribution >= 0.6 is 0 Å². The molecule has 0 bridgehead atoms. The minimum absolute atomic E-state index is 0.143. The van der Waals surface area contributed by atoms with Crippen molar-refractivity contribution in [1.29, 1.82) is 0 Å². The SMILES string of the molecule is CN1CCN(Cc2ccc(C(=O)O)cc2)CC1.Cc1ccc(N)cc1Nc1nccc(-c2cccnc2)n1.Cc1ccc(NC(=O)c2ccc(CN3CCN(C)CC3)cc2)cc1Nc1nccc(-c2cccnc2)n1. The Bertz CT molecular complexity index is 3110. The van der Waals surface area contributed by atoms with Gasteiger partial charge < -0.3 is 36.6 Å². The summed E-state index contributed by atoms with van der Waals surface area (Å²) in [6.07, 6.45) is 10.4. The number of piperazine rings is 2. The average Bonchev–Trinajstić information content (AvgIpc) is 3.43. The molecule has 384 valence electrons. The van der Waals surface area contributed by atoms with Crippen LogP contribution in [0.4, 0.5) is 34.6 Å². The molecule has 10 rings (SSSR count). The topological polar surface area (TPSA) is 207 Å². The molecule has 2 fully saturated rings. The van der Waals surface area contributed by atoms with Gasteiger partial charge >= 0.3 is 5.97 Å². The number of likely N-dealkylation sites (N-methyl/N-ethyl adjacent to an activating group) is 2. The first-order valence-corrected chi connectivity index (χ1v) is 24.9. The molecule has 17 nitrogen and oxygen atoms in total. The van der Waals surface area contributed by atoms with Crippen molar-refractivity contribution in [3.8, 4) is 22.5 Å². The summed E-state index contributed by atoms with van der Waals surface area (Å²) in [5.41, 5.74) is 17.9. The van der Waals surface area contributed by atoms with E-state index in [9.17, 15) is 9.59 Å². The van der Waals surface area contributed by atoms with Gasteiger partial charge in [0.1, 0.15) is 0 Å². The van der Waals surface area contributed by atoms with Crippen LogP contribution in [0.25, 0.3) is 22.5 Å². The van der Waals surface area contributed by atoms with E-state index in [2.05, 4.69) is 79.5 Å². The van der Waals surface area contributed by atoms with Crippen molar-refractivity contribution in [2.45, 2.75) is 26.9 Å². The Hall–Kier alpha value is -8.48. The zero-order valence-electron chi connectivity index (χ0n) is 42.9. The van der Waals surface area contributed by atoms with E-state index in [4.69, 9.17) is 10.8 Å². The maximum absolute atomic E-state index is 12.9. The Morgan fingerprint density at radius 3 is 1.49 bits per heavy atom. The summed E-state index contributed by atoms with van der Waals surface area (Å²) in [5.74, 6) is 0.000782. The molecule has 8 aromatic rings. The summed E-state index contributed by atoms with van der Waals surface area (Å²) >= 11 is 0. The molecule has 2 saturated heterocycles. The summed E-state index contributed by atoms with van der Waals surface area (Å²) in [7, 11) is 4.30. The third-order valence-corrected chi connectivity index (χ3v) is 12.9. The average molecular weight is 1010 g/mol. The van der Waals surface area contributed by atoms with Crippen molar-refractivity contribution >= 4 is 46.5 Å². The molecule has 0 spiro atoms. The molecule has 2 aliphatic heterocycles. The number of nitrogens with zero attached hydrogens (tertiary/aromatic N) is 10. The second kappa shape index (κ2) is 26.0. The van der Waals surface area contributed by atoms with E-state index in [-0.39, 0.29) is 5.91 Å². The number of pyridine rings is 2. The number of hydrogen-bond donors (Lipinski definition) is 5. The number of nitrogen functional groups attached to an aromatic ring is 1. The van der Waals surface area contributed by atoms with Gasteiger partial charge in [-0.15, -0.1) is 0 Å². The lowest BCUT2D eigenvalue weighted by molar-refractivity contribution is 0.0696. The first-order chi connectivity index (χ1) is 36.4. The monoisotopic (exact) mass is 1000 g/mol. The van der Waals surface area contributed by atoms with E-state index in [1.54, 1.807) is 49.3 Å². The van der Waals surface area contributed by atoms with Crippen LogP contribution < -0.4 is 21.7 Å². The summed E-state index contributed by atoms with van der Waals surface area (Å²) in [6.45, 7) is 14.5. The van der Waals surface area contributed by atoms with Crippen LogP contribution in [0, 0.1) is 13.8 Å². The highest BCUT2D eigenvalue weighted by Crippen LogP contribution is 2.26. The number of carbonyl (C=O) groups is 2. The van der Waals surface area contributed by atoms with E-state index in [1.165, 1.54) is 11.1 Å². The summed E-state index contributed by atoms with van der Waals surface area (Å²) in [5, 5.41) is 18.3. The fraction of sp³-hybridized carbons (Fsp3) is 0.241. The Morgan fingerprint density at radius 1 is 0.560 bits per heavy atom. The molecule has 6 heterocycles. The van der Waals surface area contributed by atoms with Crippen LogP contribution in [0.3, 0.4) is 0 Å². The van der Waals surface area contributed by atoms with Crippen LogP contribution in [0.1, 0.15) is 43.0 Å². The van der Waals surface area contributed by atoms with Crippen molar-refractivity contribution in [1.82, 2.24) is 49.5 Å². The highest BCUT2D eigenvalue weighted by atomic mass is 16.4. The lowest BCUT2D eigenvalue weighted by Crippen LogP contribution is -2.43. The van der Waals surface area contributed by atoms with Gasteiger partial charge in [0.05, 0.1) is 17.0 Å². The highest BCUT2D eigenvalue weighted by molar-refractivity contribution is 6.04. The second-order valence-electron chi connectivity index (χ2n) is 18.7. The molecule has 0 unspecified atom stereocenters. The Balaban J connectivity index is 0.000000165. The van der Waals surface area contributed by atoms with Gasteiger partial charge in [-0.25, -0.2) is 24.7 Å². The van der Waals surface area contributed by atoms with Gasteiger partial charge in [-0.2, -0.15) is 0 Å². The van der Waals surface area contributed by atoms with Gasteiger partial charge in [-0.1, -0.05) is 36.4 Å². The molecule has 75 heavy (non-hydrogen) atoms. The number of hydrogen-bond acceptors (Lipinski definition) is 15. The number of nitrogens with two attached hydrogens (primary N) is 1. The Morgan fingerprint density at radius 2 is 1.03 bits per heavy atom. The third-order valence-electron chi connectivity index (χ3n) is 12.9. The number of aryl methyl sites for hydroxylation is 2. The summed E-state index contributed by atoms with van der Waals surface area (Å²) in [4.78, 5) is 59.2. The minimum atomic E-state index is -0.865. The van der Waals surface area contributed by atoms with E-state index in [0.717, 1.165) is 110 Å². The number of aromatic carboxylic acids is 1. The van der Waals surface area contributed by atoms with E-state index >= 15 is 0 Å². The van der Waals surface area contributed by atoms with Crippen LogP contribution in [-0.4, -0.2) is 133 Å². The highest BCUT2D eigenvalue weighted by Gasteiger charge is 2.16. The third kappa shape index (κ3) is 15.8. The van der Waals surface area contributed by atoms with Gasteiger partial charge in [0, 0.05) is 142 Å². The standard InChI is InChI=1S/C29H31N7O.C16H15N5.C13H18N2O2/c1-21-5-10-25(18-27(21)34-29-31-13-11-26(33-29)24-4-3-12-30-19-24)32-28(37)23-8-6-22(7-9-23)20-36-16-14-35(2)15-17-36;1-11-4-5-13(17)9-15(11)21-16-19-8-6-14(20-16)12-3-2-7-18-10-12;1-14-6-8-15(9-7-14)10-11-2-4-12(5-3-11)13(16)17/h3-13,18-19H,14-17,20H2,1-2H3,(H,32,37)(H,31,33,34);2-10H,17H2,1H3,(H,19,20,21);2-5H,6-10H2,1H3,(H,16,17). The number of benzene rings is 4. The lowest BCUT2D eigenvalue weighted by Gasteiger charge is -2.32. The van der Waals surface area contributed by atoms with Crippen molar-refractivity contribution in [2.24, 2.45) is 0 Å². The largest absolute Gasteiger partial charge is 0.478 e. The Kier molecular flexibility index (Phi) is 18.3. The van der Waals surface area contributed by atoms with Gasteiger partial charge in [0.15, 0.2) is 0 Å². The number of anilines is 6. The van der Waals surface area contributed by atoms with Crippen LogP contribution in [0.5, 0.6) is 0 Å². The molecule has 2 aliphatic rings. The van der Waals surface area contributed by atoms with E-state index in [0.29, 0.717) is 34.4 Å². The van der Waals surface area contributed by atoms with Crippen molar-refractivity contribution in [3.63, 3.8) is 0 Å². The first kappa shape index (κ1) is 52.8. The normalized spacial score (nSPS) is 14.1. The molecule has 0 aliphatic carbocycles. The first-order valence-electron chi connectivity index (χ1n) is 24.9. The summed E-state index contributed by atoms with van der Waals surface area (Å²) in [6, 6.07) is 37.9.